The van der Waals surface area contributed by atoms with Gasteiger partial charge in [-0.1, -0.05) is 42.4 Å². The number of aliphatic hydroxyl groups is 1. The van der Waals surface area contributed by atoms with Crippen molar-refractivity contribution in [3.63, 3.8) is 0 Å². The van der Waals surface area contributed by atoms with Gasteiger partial charge in [-0.15, -0.1) is 0 Å². The van der Waals surface area contributed by atoms with Gasteiger partial charge in [-0.25, -0.2) is 0 Å². The van der Waals surface area contributed by atoms with Crippen molar-refractivity contribution in [3.8, 4) is 0 Å². The molecule has 0 bridgehead atoms. The van der Waals surface area contributed by atoms with E-state index in [2.05, 4.69) is 10.5 Å². The van der Waals surface area contributed by atoms with Crippen LogP contribution in [0.15, 0.2) is 35.5 Å². The second-order valence-electron chi connectivity index (χ2n) is 4.18. The van der Waals surface area contributed by atoms with E-state index >= 15 is 0 Å². The van der Waals surface area contributed by atoms with Gasteiger partial charge in [0.25, 0.3) is 0 Å². The summed E-state index contributed by atoms with van der Waals surface area (Å²) in [5.41, 5.74) is 6.70. The summed E-state index contributed by atoms with van der Waals surface area (Å²) in [6.45, 7) is 2.60. The van der Waals surface area contributed by atoms with Crippen molar-refractivity contribution in [2.24, 2.45) is 10.9 Å². The molecule has 1 rings (SSSR count). The molecule has 5 N–H and O–H groups in total. The van der Waals surface area contributed by atoms with Crippen LogP contribution in [0.1, 0.15) is 24.8 Å². The molecule has 1 aromatic rings. The lowest BCUT2D eigenvalue weighted by Crippen LogP contribution is -2.38. The van der Waals surface area contributed by atoms with Crippen molar-refractivity contribution in [1.82, 2.24) is 5.32 Å². The van der Waals surface area contributed by atoms with E-state index in [4.69, 9.17) is 16.0 Å². The smallest absolute Gasteiger partial charge is 0.147 e. The fourth-order valence-corrected chi connectivity index (χ4v) is 1.77. The molecule has 0 radical (unpaired) electrons. The molecular weight excluding hydrogens is 230 g/mol. The third-order valence-corrected chi connectivity index (χ3v) is 3.00. The van der Waals surface area contributed by atoms with Gasteiger partial charge in [0.1, 0.15) is 5.84 Å². The first kappa shape index (κ1) is 14.5. The van der Waals surface area contributed by atoms with E-state index in [1.807, 2.05) is 37.3 Å². The number of nitrogens with one attached hydrogen (secondary N) is 1. The number of hydrogen-bond donors (Lipinski definition) is 4. The second kappa shape index (κ2) is 7.68. The molecule has 0 spiro atoms. The third-order valence-electron chi connectivity index (χ3n) is 3.00. The van der Waals surface area contributed by atoms with Crippen LogP contribution in [0.3, 0.4) is 0 Å². The highest BCUT2D eigenvalue weighted by Gasteiger charge is 2.17. The molecule has 0 heterocycles. The molecule has 0 aliphatic carbocycles. The molecule has 2 atom stereocenters. The number of aliphatic hydroxyl groups excluding tert-OH is 1. The molecule has 0 aliphatic rings. The van der Waals surface area contributed by atoms with Crippen LogP contribution >= 0.6 is 0 Å². The van der Waals surface area contributed by atoms with E-state index in [9.17, 15) is 0 Å². The van der Waals surface area contributed by atoms with Crippen molar-refractivity contribution < 1.29 is 10.3 Å². The molecule has 5 nitrogen and oxygen atoms in total. The number of benzene rings is 1. The molecule has 0 saturated heterocycles. The number of hydrogen-bond acceptors (Lipinski definition) is 4. The minimum Gasteiger partial charge on any atom is -0.409 e. The zero-order chi connectivity index (χ0) is 13.4. The molecule has 100 valence electrons. The molecule has 2 unspecified atom stereocenters. The molecule has 0 saturated carbocycles. The topological polar surface area (TPSA) is 90.9 Å². The van der Waals surface area contributed by atoms with Crippen molar-refractivity contribution in [3.05, 3.63) is 35.9 Å². The maximum atomic E-state index is 9.13. The molecule has 1 aromatic carbocycles. The summed E-state index contributed by atoms with van der Waals surface area (Å²) in [5, 5.41) is 24.3. The van der Waals surface area contributed by atoms with Gasteiger partial charge < -0.3 is 21.4 Å². The van der Waals surface area contributed by atoms with Gasteiger partial charge in [0, 0.05) is 12.6 Å². The fraction of sp³-hybridized carbons (Fsp3) is 0.462. The first-order chi connectivity index (χ1) is 8.72. The summed E-state index contributed by atoms with van der Waals surface area (Å²) in [7, 11) is 0. The molecule has 0 aliphatic heterocycles. The number of rotatable bonds is 7. The zero-order valence-corrected chi connectivity index (χ0v) is 10.6. The minimum absolute atomic E-state index is 0.0303. The van der Waals surface area contributed by atoms with Crippen LogP contribution in [-0.2, 0) is 0 Å². The van der Waals surface area contributed by atoms with Crippen LogP contribution < -0.4 is 11.1 Å². The largest absolute Gasteiger partial charge is 0.409 e. The Morgan fingerprint density at radius 3 is 2.56 bits per heavy atom. The summed E-state index contributed by atoms with van der Waals surface area (Å²) in [6, 6.07) is 9.65. The van der Waals surface area contributed by atoms with Gasteiger partial charge in [-0.05, 0) is 12.0 Å². The van der Waals surface area contributed by atoms with Crippen molar-refractivity contribution >= 4 is 5.84 Å². The molecule has 0 fully saturated rings. The van der Waals surface area contributed by atoms with Crippen molar-refractivity contribution in [1.29, 1.82) is 0 Å². The highest BCUT2D eigenvalue weighted by molar-refractivity contribution is 5.87. The molecule has 0 amide bonds. The van der Waals surface area contributed by atoms with Crippen LogP contribution in [0.2, 0.25) is 0 Å². The van der Waals surface area contributed by atoms with Crippen molar-refractivity contribution in [2.45, 2.75) is 25.3 Å². The predicted molar refractivity (Wildman–Crippen MR) is 71.8 cm³/mol. The third kappa shape index (κ3) is 4.01. The Bertz CT molecular complexity index is 364. The van der Waals surface area contributed by atoms with Crippen LogP contribution in [-0.4, -0.2) is 35.3 Å². The average molecular weight is 251 g/mol. The second-order valence-corrected chi connectivity index (χ2v) is 4.18. The summed E-state index contributed by atoms with van der Waals surface area (Å²) in [5.74, 6) is -0.0294. The zero-order valence-electron chi connectivity index (χ0n) is 10.6. The first-order valence-corrected chi connectivity index (χ1v) is 6.09. The molecule has 18 heavy (non-hydrogen) atoms. The fourth-order valence-electron chi connectivity index (χ4n) is 1.77. The van der Waals surface area contributed by atoms with Gasteiger partial charge in [-0.3, -0.25) is 0 Å². The Morgan fingerprint density at radius 2 is 2.06 bits per heavy atom. The number of nitrogens with zero attached hydrogens (tertiary/aromatic N) is 1. The van der Waals surface area contributed by atoms with Gasteiger partial charge in [0.15, 0.2) is 0 Å². The summed E-state index contributed by atoms with van der Waals surface area (Å²) in [6.07, 6.45) is 0.828. The summed E-state index contributed by atoms with van der Waals surface area (Å²) < 4.78 is 0. The predicted octanol–water partition coefficient (Wildman–Crippen LogP) is 0.877. The van der Waals surface area contributed by atoms with E-state index in [1.54, 1.807) is 0 Å². The van der Waals surface area contributed by atoms with Gasteiger partial charge in [0.05, 0.1) is 12.5 Å². The van der Waals surface area contributed by atoms with E-state index < -0.39 is 0 Å². The number of oxime groups is 1. The maximum Gasteiger partial charge on any atom is 0.147 e. The van der Waals surface area contributed by atoms with E-state index in [1.165, 1.54) is 0 Å². The van der Waals surface area contributed by atoms with E-state index in [0.29, 0.717) is 6.54 Å². The van der Waals surface area contributed by atoms with E-state index in [-0.39, 0.29) is 24.4 Å². The highest BCUT2D eigenvalue weighted by atomic mass is 16.4. The lowest BCUT2D eigenvalue weighted by molar-refractivity contribution is 0.239. The Morgan fingerprint density at radius 1 is 1.39 bits per heavy atom. The van der Waals surface area contributed by atoms with Crippen LogP contribution in [0.5, 0.6) is 0 Å². The number of nitrogens with two attached hydrogens (primary N) is 1. The lowest BCUT2D eigenvalue weighted by Gasteiger charge is -2.20. The Balaban J connectivity index is 2.75. The first-order valence-electron chi connectivity index (χ1n) is 6.09. The Kier molecular flexibility index (Phi) is 6.18. The van der Waals surface area contributed by atoms with Crippen LogP contribution in [0.25, 0.3) is 0 Å². The normalized spacial score (nSPS) is 15.3. The van der Waals surface area contributed by atoms with E-state index in [0.717, 1.165) is 12.0 Å². The molecular formula is C13H21N3O2. The van der Waals surface area contributed by atoms with Gasteiger partial charge in [-0.2, -0.15) is 0 Å². The van der Waals surface area contributed by atoms with Gasteiger partial charge in [0.2, 0.25) is 0 Å². The number of amidine groups is 1. The summed E-state index contributed by atoms with van der Waals surface area (Å²) in [4.78, 5) is 0. The van der Waals surface area contributed by atoms with Crippen LogP contribution in [0.4, 0.5) is 0 Å². The van der Waals surface area contributed by atoms with Crippen molar-refractivity contribution in [2.75, 3.05) is 13.2 Å². The highest BCUT2D eigenvalue weighted by Crippen LogP contribution is 2.15. The monoisotopic (exact) mass is 251 g/mol. The minimum atomic E-state index is -0.197. The van der Waals surface area contributed by atoms with Crippen LogP contribution in [0, 0.1) is 0 Å². The summed E-state index contributed by atoms with van der Waals surface area (Å²) >= 11 is 0. The molecule has 0 aromatic heterocycles. The average Bonchev–Trinajstić information content (AvgIpc) is 2.44. The Hall–Kier alpha value is -1.59. The SMILES string of the molecule is CCC(CO)NCC(C(N)=NO)c1ccccc1. The lowest BCUT2D eigenvalue weighted by atomic mass is 9.97. The molecule has 5 heteroatoms. The van der Waals surface area contributed by atoms with Gasteiger partial charge >= 0.3 is 0 Å². The maximum absolute atomic E-state index is 9.13. The Labute approximate surface area is 107 Å². The standard InChI is InChI=1S/C13H21N3O2/c1-2-11(9-17)15-8-12(13(14)16-18)10-6-4-3-5-7-10/h3-7,11-12,15,17-18H,2,8-9H2,1H3,(H2,14,16). The quantitative estimate of drug-likeness (QED) is 0.250.